The summed E-state index contributed by atoms with van der Waals surface area (Å²) < 4.78 is 12.5. The second-order valence-electron chi connectivity index (χ2n) is 9.97. The van der Waals surface area contributed by atoms with Gasteiger partial charge in [-0.05, 0) is 74.6 Å². The first-order valence-corrected chi connectivity index (χ1v) is 11.6. The van der Waals surface area contributed by atoms with Crippen LogP contribution in [0.1, 0.15) is 55.1 Å². The van der Waals surface area contributed by atoms with Gasteiger partial charge < -0.3 is 14.0 Å². The van der Waals surface area contributed by atoms with Crippen molar-refractivity contribution in [2.45, 2.75) is 57.8 Å². The maximum Gasteiger partial charge on any atom is 0.411 e. The van der Waals surface area contributed by atoms with Crippen LogP contribution in [0.5, 0.6) is 0 Å². The van der Waals surface area contributed by atoms with E-state index in [1.807, 2.05) is 50.2 Å². The first kappa shape index (κ1) is 22.2. The van der Waals surface area contributed by atoms with Crippen LogP contribution in [0.25, 0.3) is 16.6 Å². The van der Waals surface area contributed by atoms with E-state index in [-0.39, 0.29) is 24.1 Å². The standard InChI is InChI=1S/C27H29N3O4/c1-27(2,3)34-26(32)30-20-13-19(14-21(30)15-20)22-9-11-28-24-23(22)10-12-29(24)16-17-5-7-18(8-6-17)25(31)33-4/h5-13,20-21H,14-16H2,1-4H3. The molecule has 0 N–H and O–H groups in total. The highest BCUT2D eigenvalue weighted by atomic mass is 16.6. The van der Waals surface area contributed by atoms with Gasteiger partial charge in [0.2, 0.25) is 0 Å². The van der Waals surface area contributed by atoms with E-state index in [9.17, 15) is 9.59 Å². The number of esters is 1. The van der Waals surface area contributed by atoms with Gasteiger partial charge in [0.15, 0.2) is 0 Å². The Bertz CT molecular complexity index is 1280. The van der Waals surface area contributed by atoms with Crippen molar-refractivity contribution in [3.8, 4) is 0 Å². The minimum absolute atomic E-state index is 0.0854. The van der Waals surface area contributed by atoms with Gasteiger partial charge in [-0.25, -0.2) is 14.6 Å². The van der Waals surface area contributed by atoms with Crippen LogP contribution in [-0.2, 0) is 16.0 Å². The molecule has 3 aliphatic rings. The quantitative estimate of drug-likeness (QED) is 0.511. The summed E-state index contributed by atoms with van der Waals surface area (Å²) in [5, 5.41) is 1.10. The third-order valence-corrected chi connectivity index (χ3v) is 6.45. The first-order chi connectivity index (χ1) is 16.2. The first-order valence-electron chi connectivity index (χ1n) is 11.6. The third-order valence-electron chi connectivity index (χ3n) is 6.45. The number of fused-ring (bicyclic) bond motifs is 2. The van der Waals surface area contributed by atoms with Crippen LogP contribution in [-0.4, -0.2) is 51.3 Å². The normalized spacial score (nSPS) is 19.4. The lowest BCUT2D eigenvalue weighted by atomic mass is 9.78. The van der Waals surface area contributed by atoms with Crippen molar-refractivity contribution in [3.63, 3.8) is 0 Å². The molecule has 3 aromatic rings. The molecule has 176 valence electrons. The maximum absolute atomic E-state index is 12.6. The summed E-state index contributed by atoms with van der Waals surface area (Å²) in [6.07, 6.45) is 7.68. The average Bonchev–Trinajstić information content (AvgIpc) is 3.20. The van der Waals surface area contributed by atoms with Gasteiger partial charge >= 0.3 is 12.1 Å². The van der Waals surface area contributed by atoms with Crippen molar-refractivity contribution in [2.24, 2.45) is 0 Å². The molecule has 2 aromatic heterocycles. The number of rotatable bonds is 4. The van der Waals surface area contributed by atoms with Crippen LogP contribution in [0, 0.1) is 0 Å². The number of pyridine rings is 1. The Morgan fingerprint density at radius 2 is 1.88 bits per heavy atom. The Labute approximate surface area is 199 Å². The maximum atomic E-state index is 12.6. The lowest BCUT2D eigenvalue weighted by Gasteiger charge is -2.51. The van der Waals surface area contributed by atoms with Crippen LogP contribution in [0.2, 0.25) is 0 Å². The molecule has 1 aliphatic carbocycles. The Balaban J connectivity index is 1.37. The Hall–Kier alpha value is -3.61. The summed E-state index contributed by atoms with van der Waals surface area (Å²) in [5.74, 6) is -0.340. The highest BCUT2D eigenvalue weighted by molar-refractivity contribution is 5.92. The largest absolute Gasteiger partial charge is 0.465 e. The number of nitrogens with zero attached hydrogens (tertiary/aromatic N) is 3. The highest BCUT2D eigenvalue weighted by Crippen LogP contribution is 2.43. The summed E-state index contributed by atoms with van der Waals surface area (Å²) in [5.41, 5.74) is 4.46. The molecule has 7 nitrogen and oxygen atoms in total. The zero-order valence-electron chi connectivity index (χ0n) is 19.9. The SMILES string of the molecule is COC(=O)c1ccc(Cn2ccc3c(C4=CC5CC(C4)N5C(=O)OC(C)(C)C)ccnc32)cc1. The summed E-state index contributed by atoms with van der Waals surface area (Å²) in [6.45, 7) is 6.34. The number of hydrogen-bond donors (Lipinski definition) is 0. The van der Waals surface area contributed by atoms with Gasteiger partial charge in [-0.2, -0.15) is 0 Å². The van der Waals surface area contributed by atoms with E-state index in [1.165, 1.54) is 18.2 Å². The second kappa shape index (κ2) is 8.31. The molecule has 1 saturated heterocycles. The molecule has 4 heterocycles. The van der Waals surface area contributed by atoms with Crippen LogP contribution >= 0.6 is 0 Å². The lowest BCUT2D eigenvalue weighted by molar-refractivity contribution is -0.0219. The number of aromatic nitrogens is 2. The predicted molar refractivity (Wildman–Crippen MR) is 129 cm³/mol. The Morgan fingerprint density at radius 3 is 2.53 bits per heavy atom. The number of carbonyl (C=O) groups is 2. The topological polar surface area (TPSA) is 73.7 Å². The van der Waals surface area contributed by atoms with Gasteiger partial charge in [0.05, 0.1) is 18.7 Å². The fraction of sp³-hybridized carbons (Fsp3) is 0.370. The minimum atomic E-state index is -0.493. The van der Waals surface area contributed by atoms with Crippen molar-refractivity contribution in [2.75, 3.05) is 7.11 Å². The molecule has 1 aromatic carbocycles. The van der Waals surface area contributed by atoms with Crippen molar-refractivity contribution in [1.29, 1.82) is 0 Å². The molecule has 1 amide bonds. The van der Waals surface area contributed by atoms with Crippen molar-refractivity contribution in [3.05, 3.63) is 71.6 Å². The molecule has 0 radical (unpaired) electrons. The van der Waals surface area contributed by atoms with Gasteiger partial charge in [0.1, 0.15) is 11.2 Å². The van der Waals surface area contributed by atoms with E-state index >= 15 is 0 Å². The van der Waals surface area contributed by atoms with Crippen molar-refractivity contribution in [1.82, 2.24) is 14.5 Å². The molecule has 2 aliphatic heterocycles. The number of carbonyl (C=O) groups excluding carboxylic acids is 2. The molecular weight excluding hydrogens is 430 g/mol. The molecule has 2 unspecified atom stereocenters. The summed E-state index contributed by atoms with van der Waals surface area (Å²) in [4.78, 5) is 30.8. The number of methoxy groups -OCH3 is 1. The fourth-order valence-electron chi connectivity index (χ4n) is 4.88. The lowest BCUT2D eigenvalue weighted by Crippen LogP contribution is -2.60. The third kappa shape index (κ3) is 4.06. The van der Waals surface area contributed by atoms with E-state index in [1.54, 1.807) is 12.1 Å². The van der Waals surface area contributed by atoms with Crippen molar-refractivity contribution < 1.29 is 19.1 Å². The van der Waals surface area contributed by atoms with E-state index < -0.39 is 5.60 Å². The minimum Gasteiger partial charge on any atom is -0.465 e. The monoisotopic (exact) mass is 459 g/mol. The molecule has 0 saturated carbocycles. The smallest absolute Gasteiger partial charge is 0.411 e. The van der Waals surface area contributed by atoms with Crippen molar-refractivity contribution >= 4 is 28.7 Å². The van der Waals surface area contributed by atoms with Gasteiger partial charge in [-0.1, -0.05) is 18.2 Å². The summed E-state index contributed by atoms with van der Waals surface area (Å²) in [7, 11) is 1.38. The van der Waals surface area contributed by atoms with E-state index in [0.29, 0.717) is 12.1 Å². The molecule has 34 heavy (non-hydrogen) atoms. The molecule has 7 heteroatoms. The molecule has 0 spiro atoms. The molecule has 1 fully saturated rings. The fourth-order valence-corrected chi connectivity index (χ4v) is 4.88. The van der Waals surface area contributed by atoms with Crippen LogP contribution in [0.3, 0.4) is 0 Å². The van der Waals surface area contributed by atoms with E-state index in [4.69, 9.17) is 9.47 Å². The second-order valence-corrected chi connectivity index (χ2v) is 9.97. The van der Waals surface area contributed by atoms with Gasteiger partial charge in [0.25, 0.3) is 0 Å². The molecular formula is C27H29N3O4. The zero-order valence-corrected chi connectivity index (χ0v) is 19.9. The molecule has 2 atom stereocenters. The van der Waals surface area contributed by atoms with Gasteiger partial charge in [-0.15, -0.1) is 0 Å². The van der Waals surface area contributed by atoms with E-state index in [2.05, 4.69) is 27.8 Å². The van der Waals surface area contributed by atoms with Crippen LogP contribution in [0.15, 0.2) is 54.9 Å². The molecule has 6 rings (SSSR count). The summed E-state index contributed by atoms with van der Waals surface area (Å²) >= 11 is 0. The molecule has 2 bridgehead atoms. The van der Waals surface area contributed by atoms with Crippen LogP contribution in [0.4, 0.5) is 4.79 Å². The number of ether oxygens (including phenoxy) is 2. The number of benzene rings is 1. The van der Waals surface area contributed by atoms with Gasteiger partial charge in [-0.3, -0.25) is 4.90 Å². The van der Waals surface area contributed by atoms with Crippen LogP contribution < -0.4 is 0 Å². The number of amides is 1. The van der Waals surface area contributed by atoms with Gasteiger partial charge in [0, 0.05) is 30.4 Å². The zero-order chi connectivity index (χ0) is 24.0. The average molecular weight is 460 g/mol. The highest BCUT2D eigenvalue weighted by Gasteiger charge is 2.46. The summed E-state index contributed by atoms with van der Waals surface area (Å²) in [6, 6.07) is 11.9. The Morgan fingerprint density at radius 1 is 1.12 bits per heavy atom. The van der Waals surface area contributed by atoms with E-state index in [0.717, 1.165) is 29.4 Å². The Kier molecular flexibility index (Phi) is 5.42. The number of hydrogen-bond acceptors (Lipinski definition) is 5. The predicted octanol–water partition coefficient (Wildman–Crippen LogP) is 5.04.